The Labute approximate surface area is 85.1 Å². The van der Waals surface area contributed by atoms with Crippen molar-refractivity contribution in [1.82, 2.24) is 9.97 Å². The number of aromatic nitrogens is 2. The molecule has 1 heterocycles. The molecule has 1 aromatic heterocycles. The number of H-pyrrole nitrogens is 1. The maximum atomic E-state index is 11.0. The molecule has 72 valence electrons. The molecule has 1 aromatic rings. The zero-order valence-corrected chi connectivity index (χ0v) is 8.71. The number of thioether (sulfide) groups is 1. The normalized spacial score (nSPS) is 10.0. The van der Waals surface area contributed by atoms with Gasteiger partial charge in [0.2, 0.25) is 5.95 Å². The summed E-state index contributed by atoms with van der Waals surface area (Å²) in [7, 11) is 0. The van der Waals surface area contributed by atoms with Gasteiger partial charge in [-0.1, -0.05) is 11.6 Å². The summed E-state index contributed by atoms with van der Waals surface area (Å²) in [5, 5.41) is 3.07. The molecule has 13 heavy (non-hydrogen) atoms. The lowest BCUT2D eigenvalue weighted by Gasteiger charge is -2.02. The van der Waals surface area contributed by atoms with Gasteiger partial charge in [-0.25, -0.2) is 4.98 Å². The largest absolute Gasteiger partial charge is 0.355 e. The fourth-order valence-electron chi connectivity index (χ4n) is 0.741. The second-order valence-corrected chi connectivity index (χ2v) is 3.72. The molecule has 0 fully saturated rings. The van der Waals surface area contributed by atoms with E-state index in [9.17, 15) is 4.79 Å². The second kappa shape index (κ2) is 5.14. The zero-order valence-electron chi connectivity index (χ0n) is 7.13. The molecule has 6 heteroatoms. The van der Waals surface area contributed by atoms with Crippen LogP contribution in [0.4, 0.5) is 5.95 Å². The van der Waals surface area contributed by atoms with Crippen LogP contribution in [-0.2, 0) is 0 Å². The lowest BCUT2D eigenvalue weighted by atomic mass is 10.6. The van der Waals surface area contributed by atoms with Gasteiger partial charge in [0.25, 0.3) is 5.56 Å². The molecule has 0 unspecified atom stereocenters. The minimum absolute atomic E-state index is 0.107. The molecule has 0 aliphatic heterocycles. The first-order valence-electron chi connectivity index (χ1n) is 3.71. The van der Waals surface area contributed by atoms with Gasteiger partial charge < -0.3 is 5.32 Å². The average molecular weight is 220 g/mol. The monoisotopic (exact) mass is 219 g/mol. The van der Waals surface area contributed by atoms with Crippen LogP contribution in [0.5, 0.6) is 0 Å². The molecule has 2 N–H and O–H groups in total. The maximum Gasteiger partial charge on any atom is 0.271 e. The molecule has 0 radical (unpaired) electrons. The topological polar surface area (TPSA) is 57.8 Å². The number of nitrogens with one attached hydrogen (secondary N) is 2. The van der Waals surface area contributed by atoms with Gasteiger partial charge >= 0.3 is 0 Å². The van der Waals surface area contributed by atoms with E-state index in [1.807, 2.05) is 6.26 Å². The van der Waals surface area contributed by atoms with E-state index in [0.29, 0.717) is 5.95 Å². The Morgan fingerprint density at radius 3 is 3.15 bits per heavy atom. The van der Waals surface area contributed by atoms with Crippen LogP contribution in [0.25, 0.3) is 0 Å². The summed E-state index contributed by atoms with van der Waals surface area (Å²) < 4.78 is 0. The average Bonchev–Trinajstić information content (AvgIpc) is 2.12. The van der Waals surface area contributed by atoms with E-state index in [1.54, 1.807) is 11.8 Å². The molecule has 0 spiro atoms. The Bertz CT molecular complexity index is 328. The van der Waals surface area contributed by atoms with Crippen molar-refractivity contribution in [3.8, 4) is 0 Å². The number of nitrogens with zero attached hydrogens (tertiary/aromatic N) is 1. The van der Waals surface area contributed by atoms with E-state index in [2.05, 4.69) is 15.3 Å². The van der Waals surface area contributed by atoms with Gasteiger partial charge in [0.15, 0.2) is 0 Å². The summed E-state index contributed by atoms with van der Waals surface area (Å²) in [6, 6.07) is 0. The van der Waals surface area contributed by atoms with Gasteiger partial charge in [-0.15, -0.1) is 0 Å². The van der Waals surface area contributed by atoms with Crippen molar-refractivity contribution in [2.45, 2.75) is 0 Å². The van der Waals surface area contributed by atoms with E-state index in [4.69, 9.17) is 11.6 Å². The van der Waals surface area contributed by atoms with Crippen LogP contribution in [0, 0.1) is 0 Å². The summed E-state index contributed by atoms with van der Waals surface area (Å²) in [6.45, 7) is 0.770. The Balaban J connectivity index is 2.58. The van der Waals surface area contributed by atoms with Gasteiger partial charge in [-0.2, -0.15) is 11.8 Å². The van der Waals surface area contributed by atoms with Gasteiger partial charge in [0.05, 0.1) is 6.20 Å². The van der Waals surface area contributed by atoms with Crippen molar-refractivity contribution >= 4 is 29.3 Å². The first-order valence-corrected chi connectivity index (χ1v) is 5.49. The van der Waals surface area contributed by atoms with E-state index in [0.717, 1.165) is 12.3 Å². The fourth-order valence-corrected chi connectivity index (χ4v) is 1.14. The van der Waals surface area contributed by atoms with Gasteiger partial charge in [-0.05, 0) is 6.26 Å². The quantitative estimate of drug-likeness (QED) is 0.748. The number of aromatic amines is 1. The van der Waals surface area contributed by atoms with Crippen molar-refractivity contribution < 1.29 is 0 Å². The molecule has 0 amide bonds. The summed E-state index contributed by atoms with van der Waals surface area (Å²) in [6.07, 6.45) is 3.35. The first kappa shape index (κ1) is 10.4. The van der Waals surface area contributed by atoms with Crippen molar-refractivity contribution in [3.05, 3.63) is 21.6 Å². The minimum atomic E-state index is -0.316. The highest BCUT2D eigenvalue weighted by molar-refractivity contribution is 7.98. The van der Waals surface area contributed by atoms with E-state index >= 15 is 0 Å². The van der Waals surface area contributed by atoms with Crippen LogP contribution >= 0.6 is 23.4 Å². The third kappa shape index (κ3) is 3.28. The van der Waals surface area contributed by atoms with Crippen molar-refractivity contribution in [2.24, 2.45) is 0 Å². The Kier molecular flexibility index (Phi) is 4.11. The second-order valence-electron chi connectivity index (χ2n) is 2.33. The van der Waals surface area contributed by atoms with Gasteiger partial charge in [-0.3, -0.25) is 9.78 Å². The minimum Gasteiger partial charge on any atom is -0.355 e. The van der Waals surface area contributed by atoms with E-state index in [-0.39, 0.29) is 10.6 Å². The van der Waals surface area contributed by atoms with Crippen LogP contribution in [0.1, 0.15) is 0 Å². The van der Waals surface area contributed by atoms with Gasteiger partial charge in [0.1, 0.15) is 5.02 Å². The number of anilines is 1. The third-order valence-electron chi connectivity index (χ3n) is 1.35. The van der Waals surface area contributed by atoms with E-state index < -0.39 is 0 Å². The van der Waals surface area contributed by atoms with Crippen molar-refractivity contribution in [1.29, 1.82) is 0 Å². The SMILES string of the molecule is CSCCNc1ncc(Cl)c(=O)[nH]1. The molecule has 0 aliphatic rings. The highest BCUT2D eigenvalue weighted by Crippen LogP contribution is 2.00. The standard InChI is InChI=1S/C7H10ClN3OS/c1-13-3-2-9-7-10-4-5(8)6(12)11-7/h4H,2-3H2,1H3,(H2,9,10,11,12). The van der Waals surface area contributed by atoms with Gasteiger partial charge in [0, 0.05) is 12.3 Å². The zero-order chi connectivity index (χ0) is 9.68. The highest BCUT2D eigenvalue weighted by atomic mass is 35.5. The Morgan fingerprint density at radius 2 is 2.54 bits per heavy atom. The van der Waals surface area contributed by atoms with Crippen molar-refractivity contribution in [2.75, 3.05) is 23.9 Å². The molecule has 4 nitrogen and oxygen atoms in total. The van der Waals surface area contributed by atoms with Crippen LogP contribution in [0.3, 0.4) is 0 Å². The molecule has 0 aromatic carbocycles. The predicted molar refractivity (Wildman–Crippen MR) is 56.7 cm³/mol. The molecule has 1 rings (SSSR count). The molecule has 0 saturated heterocycles. The smallest absolute Gasteiger partial charge is 0.271 e. The lowest BCUT2D eigenvalue weighted by molar-refractivity contribution is 1.06. The summed E-state index contributed by atoms with van der Waals surface area (Å²) in [4.78, 5) is 17.4. The van der Waals surface area contributed by atoms with E-state index in [1.165, 1.54) is 6.20 Å². The Hall–Kier alpha value is -0.680. The molecular weight excluding hydrogens is 210 g/mol. The van der Waals surface area contributed by atoms with Crippen LogP contribution in [0.2, 0.25) is 5.02 Å². The molecule has 0 bridgehead atoms. The predicted octanol–water partition coefficient (Wildman–Crippen LogP) is 1.20. The molecule has 0 aliphatic carbocycles. The van der Waals surface area contributed by atoms with Crippen LogP contribution < -0.4 is 10.9 Å². The summed E-state index contributed by atoms with van der Waals surface area (Å²) in [5.74, 6) is 1.43. The Morgan fingerprint density at radius 1 is 1.77 bits per heavy atom. The number of rotatable bonds is 4. The molecule has 0 atom stereocenters. The summed E-state index contributed by atoms with van der Waals surface area (Å²) >= 11 is 7.22. The lowest BCUT2D eigenvalue weighted by Crippen LogP contribution is -2.14. The molecule has 0 saturated carbocycles. The molecular formula is C7H10ClN3OS. The highest BCUT2D eigenvalue weighted by Gasteiger charge is 1.97. The maximum absolute atomic E-state index is 11.0. The first-order chi connectivity index (χ1) is 6.24. The number of hydrogen-bond acceptors (Lipinski definition) is 4. The third-order valence-corrected chi connectivity index (χ3v) is 2.24. The number of hydrogen-bond donors (Lipinski definition) is 2. The van der Waals surface area contributed by atoms with Crippen molar-refractivity contribution in [3.63, 3.8) is 0 Å². The number of halogens is 1. The fraction of sp³-hybridized carbons (Fsp3) is 0.429. The van der Waals surface area contributed by atoms with Crippen LogP contribution in [-0.4, -0.2) is 28.5 Å². The van der Waals surface area contributed by atoms with Crippen LogP contribution in [0.15, 0.2) is 11.0 Å². The summed E-state index contributed by atoms with van der Waals surface area (Å²) in [5.41, 5.74) is -0.316.